The maximum atomic E-state index is 13.3. The summed E-state index contributed by atoms with van der Waals surface area (Å²) in [5.41, 5.74) is 2.48. The number of piperazine rings is 1. The average molecular weight is 527 g/mol. The summed E-state index contributed by atoms with van der Waals surface area (Å²) >= 11 is 7.92. The molecule has 0 aliphatic carbocycles. The first kappa shape index (κ1) is 27.4. The summed E-state index contributed by atoms with van der Waals surface area (Å²) in [6, 6.07) is 7.75. The van der Waals surface area contributed by atoms with Gasteiger partial charge in [-0.1, -0.05) is 42.9 Å². The van der Waals surface area contributed by atoms with Crippen LogP contribution in [0, 0.1) is 23.2 Å². The minimum absolute atomic E-state index is 0.0384. The van der Waals surface area contributed by atoms with E-state index in [1.807, 2.05) is 30.9 Å². The molecule has 1 unspecified atom stereocenters. The molecule has 0 spiro atoms. The van der Waals surface area contributed by atoms with Gasteiger partial charge in [-0.2, -0.15) is 5.26 Å². The van der Waals surface area contributed by atoms with Crippen molar-refractivity contribution in [1.29, 1.82) is 10.5 Å². The van der Waals surface area contributed by atoms with Crippen molar-refractivity contribution in [3.63, 3.8) is 0 Å². The lowest BCUT2D eigenvalue weighted by molar-refractivity contribution is 0.0649. The van der Waals surface area contributed by atoms with E-state index in [2.05, 4.69) is 39.3 Å². The molecule has 9 nitrogen and oxygen atoms in total. The Balaban J connectivity index is 0.000000861. The van der Waals surface area contributed by atoms with Gasteiger partial charge in [0, 0.05) is 63.1 Å². The fraction of sp³-hybridized carbons (Fsp3) is 0.480. The van der Waals surface area contributed by atoms with Crippen LogP contribution in [0.3, 0.4) is 0 Å². The first-order valence-electron chi connectivity index (χ1n) is 12.1. The number of nitriles is 2. The number of fused-ring (bicyclic) bond motifs is 2. The lowest BCUT2D eigenvalue weighted by Crippen LogP contribution is -2.46. The molecular formula is C25H31ClN8OS. The van der Waals surface area contributed by atoms with Gasteiger partial charge < -0.3 is 14.8 Å². The molecule has 2 aliphatic heterocycles. The van der Waals surface area contributed by atoms with Crippen molar-refractivity contribution in [3.8, 4) is 12.6 Å². The Morgan fingerprint density at radius 3 is 2.64 bits per heavy atom. The number of aromatic nitrogens is 3. The number of nitrogens with one attached hydrogen (secondary N) is 1. The molecule has 0 bridgehead atoms. The molecule has 11 heteroatoms. The number of hydrogen-bond acceptors (Lipinski definition) is 8. The lowest BCUT2D eigenvalue weighted by Gasteiger charge is -2.34. The zero-order valence-electron chi connectivity index (χ0n) is 20.9. The summed E-state index contributed by atoms with van der Waals surface area (Å²) in [6.45, 7) is 14.7. The quantitative estimate of drug-likeness (QED) is 0.533. The summed E-state index contributed by atoms with van der Waals surface area (Å²) in [5, 5.41) is 16.9. The highest BCUT2D eigenvalue weighted by molar-refractivity contribution is 7.15. The third kappa shape index (κ3) is 5.79. The van der Waals surface area contributed by atoms with E-state index in [1.165, 1.54) is 0 Å². The molecular weight excluding hydrogens is 496 g/mol. The average Bonchev–Trinajstić information content (AvgIpc) is 3.54. The lowest BCUT2D eigenvalue weighted by atomic mass is 10.1. The number of anilines is 1. The molecule has 1 saturated heterocycles. The van der Waals surface area contributed by atoms with Crippen molar-refractivity contribution in [2.75, 3.05) is 37.6 Å². The number of carbonyl (C=O) groups excluding carboxylic acids is 1. The number of benzene rings is 1. The number of amides is 1. The molecule has 4 heterocycles. The van der Waals surface area contributed by atoms with E-state index in [-0.39, 0.29) is 11.9 Å². The summed E-state index contributed by atoms with van der Waals surface area (Å²) in [7, 11) is 0. The Kier molecular flexibility index (Phi) is 9.65. The second-order valence-electron chi connectivity index (χ2n) is 8.31. The molecule has 0 radical (unpaired) electrons. The molecule has 36 heavy (non-hydrogen) atoms. The van der Waals surface area contributed by atoms with Crippen LogP contribution in [0.15, 0.2) is 18.2 Å². The summed E-state index contributed by atoms with van der Waals surface area (Å²) in [4.78, 5) is 33.4. The Bertz CT molecular complexity index is 1240. The van der Waals surface area contributed by atoms with Crippen LogP contribution in [-0.2, 0) is 13.0 Å². The van der Waals surface area contributed by atoms with Gasteiger partial charge in [0.25, 0.3) is 5.91 Å². The third-order valence-corrected chi connectivity index (χ3v) is 7.66. The first-order chi connectivity index (χ1) is 17.5. The molecule has 1 atom stereocenters. The molecule has 1 amide bonds. The predicted octanol–water partition coefficient (Wildman–Crippen LogP) is 4.46. The minimum Gasteiger partial charge on any atom is -0.346 e. The van der Waals surface area contributed by atoms with Crippen LogP contribution in [0.2, 0.25) is 5.02 Å². The molecule has 0 saturated carbocycles. The Morgan fingerprint density at radius 2 is 1.97 bits per heavy atom. The Hall–Kier alpha value is -3.18. The zero-order valence-corrected chi connectivity index (χ0v) is 22.4. The second-order valence-corrected chi connectivity index (χ2v) is 9.78. The van der Waals surface area contributed by atoms with E-state index in [0.29, 0.717) is 29.3 Å². The summed E-state index contributed by atoms with van der Waals surface area (Å²) in [6.07, 6.45) is 1.31. The summed E-state index contributed by atoms with van der Waals surface area (Å²) < 4.78 is 0. The number of aromatic amines is 1. The van der Waals surface area contributed by atoms with Crippen LogP contribution in [0.4, 0.5) is 5.13 Å². The van der Waals surface area contributed by atoms with Gasteiger partial charge in [0.05, 0.1) is 28.8 Å². The number of rotatable bonds is 4. The van der Waals surface area contributed by atoms with E-state index in [4.69, 9.17) is 27.1 Å². The highest BCUT2D eigenvalue weighted by Gasteiger charge is 2.32. The smallest absolute Gasteiger partial charge is 0.290 e. The van der Waals surface area contributed by atoms with Crippen molar-refractivity contribution in [2.24, 2.45) is 0 Å². The van der Waals surface area contributed by atoms with E-state index in [9.17, 15) is 4.79 Å². The minimum atomic E-state index is -0.114. The largest absolute Gasteiger partial charge is 0.346 e. The first-order valence-corrected chi connectivity index (χ1v) is 13.3. The van der Waals surface area contributed by atoms with Crippen LogP contribution in [0.25, 0.3) is 11.0 Å². The monoisotopic (exact) mass is 526 g/mol. The standard InChI is InChI=1S/C22H24ClN7OS.C2H6.CHN/c1-14-12-17-18(32-22(26-17)29-10-8-28(9-11-29)7-3-6-24)13-30(14)21(31)20-25-16-5-2-4-15(23)19(16)27-20;2*1-2/h2,4-5,14H,3,7-13H2,1H3,(H,25,27);1-2H3;1H. The van der Waals surface area contributed by atoms with Crippen molar-refractivity contribution < 1.29 is 4.79 Å². The van der Waals surface area contributed by atoms with Crippen LogP contribution in [-0.4, -0.2) is 69.4 Å². The second kappa shape index (κ2) is 12.7. The number of halogens is 1. The van der Waals surface area contributed by atoms with Gasteiger partial charge in [-0.05, 0) is 19.1 Å². The predicted molar refractivity (Wildman–Crippen MR) is 143 cm³/mol. The van der Waals surface area contributed by atoms with Gasteiger partial charge in [0.2, 0.25) is 0 Å². The van der Waals surface area contributed by atoms with Gasteiger partial charge in [-0.25, -0.2) is 15.2 Å². The van der Waals surface area contributed by atoms with Crippen LogP contribution >= 0.6 is 22.9 Å². The van der Waals surface area contributed by atoms with Crippen LogP contribution in [0.1, 0.15) is 48.4 Å². The highest BCUT2D eigenvalue weighted by atomic mass is 35.5. The van der Waals surface area contributed by atoms with E-state index in [1.54, 1.807) is 17.4 Å². The summed E-state index contributed by atoms with van der Waals surface area (Å²) in [5.74, 6) is 0.207. The van der Waals surface area contributed by atoms with E-state index < -0.39 is 0 Å². The topological polar surface area (TPSA) is 116 Å². The fourth-order valence-electron chi connectivity index (χ4n) is 4.37. The number of hydrogen-bond donors (Lipinski definition) is 1. The van der Waals surface area contributed by atoms with Crippen molar-refractivity contribution in [2.45, 2.75) is 46.2 Å². The van der Waals surface area contributed by atoms with Gasteiger partial charge in [-0.3, -0.25) is 9.69 Å². The van der Waals surface area contributed by atoms with Crippen LogP contribution < -0.4 is 4.90 Å². The maximum absolute atomic E-state index is 13.3. The number of H-pyrrole nitrogens is 1. The third-order valence-electron chi connectivity index (χ3n) is 6.21. The van der Waals surface area contributed by atoms with E-state index in [0.717, 1.165) is 60.4 Å². The Labute approximate surface area is 220 Å². The molecule has 2 aromatic heterocycles. The van der Waals surface area contributed by atoms with Crippen molar-refractivity contribution >= 4 is 45.0 Å². The van der Waals surface area contributed by atoms with Gasteiger partial charge >= 0.3 is 0 Å². The highest BCUT2D eigenvalue weighted by Crippen LogP contribution is 2.34. The molecule has 2 aliphatic rings. The SMILES string of the molecule is C#N.CC.CC1Cc2nc(N3CCN(CCC#N)CC3)sc2CN1C(=O)c1nc2c(Cl)cccc2[nH]1. The number of para-hydroxylation sites is 1. The number of nitrogens with zero attached hydrogens (tertiary/aromatic N) is 7. The molecule has 1 fully saturated rings. The van der Waals surface area contributed by atoms with E-state index >= 15 is 0 Å². The Morgan fingerprint density at radius 1 is 1.25 bits per heavy atom. The number of thiazole rings is 1. The number of carbonyl (C=O) groups is 1. The van der Waals surface area contributed by atoms with Crippen molar-refractivity contribution in [1.82, 2.24) is 24.8 Å². The molecule has 1 aromatic carbocycles. The molecule has 5 rings (SSSR count). The van der Waals surface area contributed by atoms with Gasteiger partial charge in [0.1, 0.15) is 5.52 Å². The molecule has 190 valence electrons. The van der Waals surface area contributed by atoms with Gasteiger partial charge in [-0.15, -0.1) is 0 Å². The van der Waals surface area contributed by atoms with Crippen LogP contribution in [0.5, 0.6) is 0 Å². The normalized spacial score (nSPS) is 17.3. The molecule has 3 aromatic rings. The van der Waals surface area contributed by atoms with Crippen molar-refractivity contribution in [3.05, 3.63) is 39.6 Å². The number of imidazole rings is 1. The fourth-order valence-corrected chi connectivity index (χ4v) is 5.72. The maximum Gasteiger partial charge on any atom is 0.290 e. The van der Waals surface area contributed by atoms with Gasteiger partial charge in [0.15, 0.2) is 11.0 Å². The zero-order chi connectivity index (χ0) is 26.2. The molecule has 1 N–H and O–H groups in total.